The molecule has 1 aliphatic heterocycles. The summed E-state index contributed by atoms with van der Waals surface area (Å²) >= 11 is 6.86. The summed E-state index contributed by atoms with van der Waals surface area (Å²) in [5, 5.41) is 0. The molecule has 0 saturated carbocycles. The number of carbonyl (C=O) groups is 1. The van der Waals surface area contributed by atoms with Gasteiger partial charge < -0.3 is 15.1 Å². The lowest BCUT2D eigenvalue weighted by atomic mass is 9.95. The van der Waals surface area contributed by atoms with E-state index in [0.717, 1.165) is 18.6 Å². The van der Waals surface area contributed by atoms with Crippen LogP contribution in [0.4, 0.5) is 0 Å². The predicted octanol–water partition coefficient (Wildman–Crippen LogP) is 2.21. The van der Waals surface area contributed by atoms with E-state index in [9.17, 15) is 4.79 Å². The summed E-state index contributed by atoms with van der Waals surface area (Å²) in [6.07, 6.45) is 5.16. The second-order valence-corrected chi connectivity index (χ2v) is 6.43. The average molecular weight is 298 g/mol. The number of thiocarbonyl (C=S) groups is 1. The van der Waals surface area contributed by atoms with Gasteiger partial charge in [0, 0.05) is 13.1 Å². The number of rotatable bonds is 3. The number of piperidine rings is 1. The second kappa shape index (κ2) is 5.54. The van der Waals surface area contributed by atoms with Crippen LogP contribution in [0.15, 0.2) is 16.7 Å². The molecule has 2 rings (SSSR count). The van der Waals surface area contributed by atoms with Crippen molar-refractivity contribution in [3.8, 4) is 0 Å². The van der Waals surface area contributed by atoms with Crippen LogP contribution in [0.3, 0.4) is 0 Å². The fraction of sp³-hybridized carbons (Fsp3) is 0.538. The van der Waals surface area contributed by atoms with E-state index in [4.69, 9.17) is 22.4 Å². The van der Waals surface area contributed by atoms with Crippen molar-refractivity contribution >= 4 is 34.9 Å². The average Bonchev–Trinajstić information content (AvgIpc) is 2.84. The van der Waals surface area contributed by atoms with Crippen LogP contribution in [0.1, 0.15) is 29.0 Å². The van der Waals surface area contributed by atoms with Crippen molar-refractivity contribution in [3.05, 3.63) is 23.7 Å². The van der Waals surface area contributed by atoms with E-state index in [-0.39, 0.29) is 10.7 Å². The largest absolute Gasteiger partial charge is 0.469 e. The molecule has 0 radical (unpaired) electrons. The molecule has 2 N–H and O–H groups in total. The number of thioether (sulfide) groups is 1. The maximum absolute atomic E-state index is 12.3. The highest BCUT2D eigenvalue weighted by Gasteiger charge is 2.38. The van der Waals surface area contributed by atoms with Crippen LogP contribution in [0.25, 0.3) is 0 Å². The minimum Gasteiger partial charge on any atom is -0.469 e. The van der Waals surface area contributed by atoms with Crippen molar-refractivity contribution in [2.24, 2.45) is 5.73 Å². The quantitative estimate of drug-likeness (QED) is 0.867. The molecular weight excluding hydrogens is 280 g/mol. The minimum atomic E-state index is -0.154. The molecule has 2 heterocycles. The number of carbonyl (C=O) groups excluding carboxylic acids is 1. The fourth-order valence-corrected chi connectivity index (χ4v) is 3.61. The Morgan fingerprint density at radius 1 is 1.53 bits per heavy atom. The Balaban J connectivity index is 2.04. The summed E-state index contributed by atoms with van der Waals surface area (Å²) in [6.45, 7) is 3.20. The number of amides is 1. The molecule has 1 amide bonds. The van der Waals surface area contributed by atoms with Gasteiger partial charge in [-0.05, 0) is 32.1 Å². The van der Waals surface area contributed by atoms with E-state index in [2.05, 4.69) is 0 Å². The maximum Gasteiger partial charge on any atom is 0.257 e. The lowest BCUT2D eigenvalue weighted by Gasteiger charge is -2.39. The summed E-state index contributed by atoms with van der Waals surface area (Å²) in [5.74, 6) is 0.774. The van der Waals surface area contributed by atoms with E-state index in [0.29, 0.717) is 23.6 Å². The number of nitrogens with two attached hydrogens (primary N) is 1. The molecule has 0 unspecified atom stereocenters. The number of nitrogens with zero attached hydrogens (tertiary/aromatic N) is 1. The van der Waals surface area contributed by atoms with Crippen molar-refractivity contribution < 1.29 is 9.21 Å². The van der Waals surface area contributed by atoms with Crippen molar-refractivity contribution in [3.63, 3.8) is 0 Å². The van der Waals surface area contributed by atoms with E-state index < -0.39 is 0 Å². The molecule has 1 saturated heterocycles. The SMILES string of the molecule is CSC1(C(N)=S)CCN(C(=O)c2coc(C)c2)CC1. The lowest BCUT2D eigenvalue weighted by Crippen LogP contribution is -2.50. The van der Waals surface area contributed by atoms with E-state index in [1.807, 2.05) is 18.1 Å². The molecule has 4 nitrogen and oxygen atoms in total. The Labute approximate surface area is 122 Å². The molecule has 1 fully saturated rings. The highest BCUT2D eigenvalue weighted by molar-refractivity contribution is 8.02. The van der Waals surface area contributed by atoms with Gasteiger partial charge in [-0.15, -0.1) is 0 Å². The van der Waals surface area contributed by atoms with Gasteiger partial charge in [-0.3, -0.25) is 4.79 Å². The first-order chi connectivity index (χ1) is 8.98. The van der Waals surface area contributed by atoms with Gasteiger partial charge in [0.2, 0.25) is 0 Å². The molecule has 19 heavy (non-hydrogen) atoms. The molecule has 0 atom stereocenters. The molecule has 104 valence electrons. The first-order valence-electron chi connectivity index (χ1n) is 6.18. The van der Waals surface area contributed by atoms with E-state index >= 15 is 0 Å². The summed E-state index contributed by atoms with van der Waals surface area (Å²) < 4.78 is 5.03. The number of hydrogen-bond donors (Lipinski definition) is 1. The van der Waals surface area contributed by atoms with E-state index in [1.54, 1.807) is 17.8 Å². The van der Waals surface area contributed by atoms with Crippen LogP contribution in [0.2, 0.25) is 0 Å². The minimum absolute atomic E-state index is 0.0227. The Hall–Kier alpha value is -1.01. The number of likely N-dealkylation sites (tertiary alicyclic amines) is 1. The topological polar surface area (TPSA) is 59.5 Å². The van der Waals surface area contributed by atoms with Crippen LogP contribution in [-0.4, -0.2) is 39.9 Å². The molecule has 1 aromatic heterocycles. The van der Waals surface area contributed by atoms with Gasteiger partial charge in [0.15, 0.2) is 0 Å². The van der Waals surface area contributed by atoms with Crippen LogP contribution in [-0.2, 0) is 0 Å². The lowest BCUT2D eigenvalue weighted by molar-refractivity contribution is 0.0718. The van der Waals surface area contributed by atoms with E-state index in [1.165, 1.54) is 6.26 Å². The summed E-state index contributed by atoms with van der Waals surface area (Å²) in [6, 6.07) is 1.77. The van der Waals surface area contributed by atoms with Crippen molar-refractivity contribution in [2.45, 2.75) is 24.5 Å². The Morgan fingerprint density at radius 3 is 2.58 bits per heavy atom. The summed E-state index contributed by atoms with van der Waals surface area (Å²) in [7, 11) is 0. The highest BCUT2D eigenvalue weighted by Crippen LogP contribution is 2.35. The molecular formula is C13H18N2O2S2. The molecule has 0 bridgehead atoms. The zero-order chi connectivity index (χ0) is 14.0. The van der Waals surface area contributed by atoms with Gasteiger partial charge in [0.05, 0.1) is 15.3 Å². The number of hydrogen-bond acceptors (Lipinski definition) is 4. The van der Waals surface area contributed by atoms with Gasteiger partial charge in [-0.25, -0.2) is 0 Å². The Bertz CT molecular complexity index is 491. The fourth-order valence-electron chi connectivity index (χ4n) is 2.36. The third-order valence-electron chi connectivity index (χ3n) is 3.68. The zero-order valence-electron chi connectivity index (χ0n) is 11.1. The molecule has 0 aromatic carbocycles. The number of furan rings is 1. The molecule has 6 heteroatoms. The van der Waals surface area contributed by atoms with Gasteiger partial charge in [-0.2, -0.15) is 11.8 Å². The molecule has 0 aliphatic carbocycles. The van der Waals surface area contributed by atoms with Crippen molar-refractivity contribution in [2.75, 3.05) is 19.3 Å². The monoisotopic (exact) mass is 298 g/mol. The third-order valence-corrected chi connectivity index (χ3v) is 5.61. The van der Waals surface area contributed by atoms with Crippen LogP contribution in [0, 0.1) is 6.92 Å². The molecule has 1 aliphatic rings. The Kier molecular flexibility index (Phi) is 4.20. The van der Waals surface area contributed by atoms with Gasteiger partial charge in [-0.1, -0.05) is 12.2 Å². The maximum atomic E-state index is 12.3. The normalized spacial score (nSPS) is 18.3. The molecule has 0 spiro atoms. The first kappa shape index (κ1) is 14.4. The molecule has 1 aromatic rings. The zero-order valence-corrected chi connectivity index (χ0v) is 12.8. The Morgan fingerprint density at radius 2 is 2.16 bits per heavy atom. The van der Waals surface area contributed by atoms with Crippen molar-refractivity contribution in [1.29, 1.82) is 0 Å². The first-order valence-corrected chi connectivity index (χ1v) is 7.81. The van der Waals surface area contributed by atoms with Gasteiger partial charge >= 0.3 is 0 Å². The van der Waals surface area contributed by atoms with Gasteiger partial charge in [0.1, 0.15) is 12.0 Å². The number of aryl methyl sites for hydroxylation is 1. The third kappa shape index (κ3) is 2.79. The predicted molar refractivity (Wildman–Crippen MR) is 81.6 cm³/mol. The summed E-state index contributed by atoms with van der Waals surface area (Å²) in [4.78, 5) is 14.7. The standard InChI is InChI=1S/C13H18N2O2S2/c1-9-7-10(8-17-9)11(16)15-5-3-13(19-2,4-6-15)12(14)18/h7-8H,3-6H2,1-2H3,(H2,14,18). The van der Waals surface area contributed by atoms with Crippen LogP contribution in [0.5, 0.6) is 0 Å². The van der Waals surface area contributed by atoms with Gasteiger partial charge in [0.25, 0.3) is 5.91 Å². The van der Waals surface area contributed by atoms with Crippen molar-refractivity contribution in [1.82, 2.24) is 4.90 Å². The smallest absolute Gasteiger partial charge is 0.257 e. The van der Waals surface area contributed by atoms with Crippen LogP contribution >= 0.6 is 24.0 Å². The second-order valence-electron chi connectivity index (χ2n) is 4.80. The van der Waals surface area contributed by atoms with Crippen LogP contribution < -0.4 is 5.73 Å². The summed E-state index contributed by atoms with van der Waals surface area (Å²) in [5.41, 5.74) is 6.46. The highest BCUT2D eigenvalue weighted by atomic mass is 32.2.